The van der Waals surface area contributed by atoms with Crippen molar-refractivity contribution in [2.45, 2.75) is 300 Å². The maximum Gasteiger partial charge on any atom is 0.249 e. The van der Waals surface area contributed by atoms with Gasteiger partial charge in [0.2, 0.25) is 5.91 Å². The number of aliphatic hydroxyl groups is 6. The Morgan fingerprint density at radius 2 is 0.897 bits per heavy atom. The number of rotatable bonds is 48. The van der Waals surface area contributed by atoms with E-state index in [1.54, 1.807) is 6.08 Å². The van der Waals surface area contributed by atoms with Crippen molar-refractivity contribution in [1.82, 2.24) is 5.32 Å². The van der Waals surface area contributed by atoms with Crippen molar-refractivity contribution in [2.24, 2.45) is 0 Å². The number of hydrogen-bond donors (Lipinski definition) is 7. The standard InChI is InChI=1S/C58H107NO9/c1-3-5-7-9-11-13-15-16-17-18-19-20-21-22-23-24-25-26-27-28-29-30-31-32-33-34-35-37-39-41-43-45-47-52(62)57(66)59-50(49-67-58-56(65)55(64)54(63)53(48-60)68-58)51(61)46-44-42-40-38-36-14-12-10-8-6-4-2/h8,10,22-23,36,38,44,46,50-56,58,60-65H,3-7,9,11-21,24-35,37,39-43,45,47-49H2,1-2H3,(H,59,66)/b10-8+,23-22-,38-36+,46-44+. The summed E-state index contributed by atoms with van der Waals surface area (Å²) in [6.07, 6.45) is 52.5. The molecule has 0 aromatic carbocycles. The van der Waals surface area contributed by atoms with E-state index in [2.05, 4.69) is 55.6 Å². The molecule has 398 valence electrons. The first kappa shape index (κ1) is 64.1. The molecular formula is C58H107NO9. The molecule has 1 aliphatic rings. The Hall–Kier alpha value is -1.89. The molecule has 0 aromatic heterocycles. The summed E-state index contributed by atoms with van der Waals surface area (Å²) >= 11 is 0. The van der Waals surface area contributed by atoms with Crippen molar-refractivity contribution in [3.63, 3.8) is 0 Å². The van der Waals surface area contributed by atoms with Crippen molar-refractivity contribution in [3.05, 3.63) is 48.6 Å². The number of carbonyl (C=O) groups excluding carboxylic acids is 1. The van der Waals surface area contributed by atoms with E-state index in [0.29, 0.717) is 19.3 Å². The van der Waals surface area contributed by atoms with Crippen LogP contribution < -0.4 is 5.32 Å². The minimum atomic E-state index is -1.62. The van der Waals surface area contributed by atoms with Gasteiger partial charge in [-0.25, -0.2) is 0 Å². The average Bonchev–Trinajstić information content (AvgIpc) is 3.34. The molecule has 7 N–H and O–H groups in total. The molecule has 1 amide bonds. The van der Waals surface area contributed by atoms with Crippen LogP contribution in [0.15, 0.2) is 48.6 Å². The van der Waals surface area contributed by atoms with Crippen LogP contribution in [0, 0.1) is 0 Å². The Balaban J connectivity index is 2.14. The monoisotopic (exact) mass is 962 g/mol. The normalized spacial score (nSPS) is 20.4. The first-order valence-corrected chi connectivity index (χ1v) is 28.5. The molecule has 1 rings (SSSR count). The lowest BCUT2D eigenvalue weighted by Crippen LogP contribution is -2.60. The fraction of sp³-hybridized carbons (Fsp3) is 0.845. The average molecular weight is 962 g/mol. The third-order valence-corrected chi connectivity index (χ3v) is 13.4. The van der Waals surface area contributed by atoms with Gasteiger partial charge in [-0.3, -0.25) is 4.79 Å². The molecule has 1 heterocycles. The number of nitrogens with one attached hydrogen (secondary N) is 1. The van der Waals surface area contributed by atoms with Gasteiger partial charge in [-0.15, -0.1) is 0 Å². The third-order valence-electron chi connectivity index (χ3n) is 13.4. The van der Waals surface area contributed by atoms with Crippen molar-refractivity contribution >= 4 is 5.91 Å². The number of unbranched alkanes of at least 4 members (excludes halogenated alkanes) is 31. The van der Waals surface area contributed by atoms with E-state index in [-0.39, 0.29) is 6.61 Å². The Morgan fingerprint density at radius 1 is 0.500 bits per heavy atom. The van der Waals surface area contributed by atoms with Gasteiger partial charge >= 0.3 is 0 Å². The molecule has 0 aliphatic carbocycles. The summed E-state index contributed by atoms with van der Waals surface area (Å²) in [5.41, 5.74) is 0. The zero-order chi connectivity index (χ0) is 49.6. The van der Waals surface area contributed by atoms with Gasteiger partial charge in [0.15, 0.2) is 6.29 Å². The van der Waals surface area contributed by atoms with E-state index in [0.717, 1.165) is 51.4 Å². The largest absolute Gasteiger partial charge is 0.394 e. The lowest BCUT2D eigenvalue weighted by Gasteiger charge is -2.40. The molecule has 1 saturated heterocycles. The molecule has 8 unspecified atom stereocenters. The summed E-state index contributed by atoms with van der Waals surface area (Å²) in [5.74, 6) is -0.630. The zero-order valence-electron chi connectivity index (χ0n) is 43.7. The minimum absolute atomic E-state index is 0.301. The number of aliphatic hydroxyl groups excluding tert-OH is 6. The van der Waals surface area contributed by atoms with E-state index >= 15 is 0 Å². The molecule has 1 fully saturated rings. The Morgan fingerprint density at radius 3 is 1.34 bits per heavy atom. The van der Waals surface area contributed by atoms with E-state index < -0.39 is 61.5 Å². The van der Waals surface area contributed by atoms with Gasteiger partial charge in [0.25, 0.3) is 0 Å². The molecule has 10 heteroatoms. The van der Waals surface area contributed by atoms with E-state index in [9.17, 15) is 35.4 Å². The summed E-state index contributed by atoms with van der Waals surface area (Å²) in [6.45, 7) is 3.52. The van der Waals surface area contributed by atoms with E-state index in [1.165, 1.54) is 167 Å². The van der Waals surface area contributed by atoms with Crippen LogP contribution in [0.2, 0.25) is 0 Å². The molecule has 8 atom stereocenters. The molecule has 0 saturated carbocycles. The highest BCUT2D eigenvalue weighted by molar-refractivity contribution is 5.80. The van der Waals surface area contributed by atoms with Crippen LogP contribution in [-0.4, -0.2) is 98.7 Å². The number of ether oxygens (including phenoxy) is 2. The summed E-state index contributed by atoms with van der Waals surface area (Å²) in [5, 5.41) is 64.7. The van der Waals surface area contributed by atoms with Crippen molar-refractivity contribution in [3.8, 4) is 0 Å². The number of allylic oxidation sites excluding steroid dienone is 7. The summed E-state index contributed by atoms with van der Waals surface area (Å²) in [7, 11) is 0. The second-order valence-electron chi connectivity index (χ2n) is 19.8. The number of amides is 1. The Labute approximate surface area is 416 Å². The van der Waals surface area contributed by atoms with Crippen LogP contribution in [0.1, 0.15) is 251 Å². The topological polar surface area (TPSA) is 169 Å². The van der Waals surface area contributed by atoms with Gasteiger partial charge < -0.3 is 45.4 Å². The van der Waals surface area contributed by atoms with Crippen molar-refractivity contribution in [2.75, 3.05) is 13.2 Å². The summed E-state index contributed by atoms with van der Waals surface area (Å²) in [6, 6.07) is -1.00. The Kier molecular flexibility index (Phi) is 44.7. The molecule has 0 spiro atoms. The highest BCUT2D eigenvalue weighted by Gasteiger charge is 2.44. The Bertz CT molecular complexity index is 1220. The SMILES string of the molecule is CCC/C=C/CC/C=C/CC/C=C/C(O)C(COC1OC(CO)C(O)C(O)C1O)NC(=O)C(O)CCCCCCCCCCCCCCCCCC/C=C\CCCCCCCCCCCCCC. The van der Waals surface area contributed by atoms with Gasteiger partial charge in [0, 0.05) is 0 Å². The highest BCUT2D eigenvalue weighted by atomic mass is 16.7. The van der Waals surface area contributed by atoms with Gasteiger partial charge in [0.05, 0.1) is 25.4 Å². The van der Waals surface area contributed by atoms with Gasteiger partial charge in [-0.2, -0.15) is 0 Å². The first-order chi connectivity index (χ1) is 33.3. The summed E-state index contributed by atoms with van der Waals surface area (Å²) in [4.78, 5) is 13.1. The predicted molar refractivity (Wildman–Crippen MR) is 282 cm³/mol. The number of carbonyl (C=O) groups is 1. The second-order valence-corrected chi connectivity index (χ2v) is 19.8. The number of hydrogen-bond acceptors (Lipinski definition) is 9. The van der Waals surface area contributed by atoms with Crippen LogP contribution in [0.5, 0.6) is 0 Å². The molecule has 0 bridgehead atoms. The lowest BCUT2D eigenvalue weighted by molar-refractivity contribution is -0.302. The second kappa shape index (κ2) is 47.4. The maximum absolute atomic E-state index is 13.1. The quantitative estimate of drug-likeness (QED) is 0.0232. The molecule has 1 aliphatic heterocycles. The van der Waals surface area contributed by atoms with Crippen molar-refractivity contribution < 1.29 is 44.9 Å². The third kappa shape index (κ3) is 36.1. The van der Waals surface area contributed by atoms with Crippen LogP contribution in [0.4, 0.5) is 0 Å². The fourth-order valence-electron chi connectivity index (χ4n) is 8.85. The molecule has 0 aromatic rings. The first-order valence-electron chi connectivity index (χ1n) is 28.5. The minimum Gasteiger partial charge on any atom is -0.394 e. The van der Waals surface area contributed by atoms with E-state index in [4.69, 9.17) is 9.47 Å². The highest BCUT2D eigenvalue weighted by Crippen LogP contribution is 2.23. The van der Waals surface area contributed by atoms with Crippen molar-refractivity contribution in [1.29, 1.82) is 0 Å². The maximum atomic E-state index is 13.1. The fourth-order valence-corrected chi connectivity index (χ4v) is 8.85. The molecule has 0 radical (unpaired) electrons. The van der Waals surface area contributed by atoms with Gasteiger partial charge in [0.1, 0.15) is 30.5 Å². The molecule has 68 heavy (non-hydrogen) atoms. The van der Waals surface area contributed by atoms with Crippen LogP contribution in [0.3, 0.4) is 0 Å². The summed E-state index contributed by atoms with van der Waals surface area (Å²) < 4.78 is 11.1. The van der Waals surface area contributed by atoms with Crippen LogP contribution >= 0.6 is 0 Å². The zero-order valence-corrected chi connectivity index (χ0v) is 43.7. The van der Waals surface area contributed by atoms with Gasteiger partial charge in [-0.05, 0) is 64.2 Å². The predicted octanol–water partition coefficient (Wildman–Crippen LogP) is 12.7. The lowest BCUT2D eigenvalue weighted by atomic mass is 9.99. The molecular weight excluding hydrogens is 855 g/mol. The van der Waals surface area contributed by atoms with Crippen LogP contribution in [0.25, 0.3) is 0 Å². The smallest absolute Gasteiger partial charge is 0.249 e. The van der Waals surface area contributed by atoms with Gasteiger partial charge in [-0.1, -0.05) is 236 Å². The molecule has 10 nitrogen and oxygen atoms in total. The van der Waals surface area contributed by atoms with E-state index in [1.807, 2.05) is 6.08 Å². The van der Waals surface area contributed by atoms with Crippen LogP contribution in [-0.2, 0) is 14.3 Å².